The minimum atomic E-state index is -0.265. The molecule has 7 heteroatoms. The van der Waals surface area contributed by atoms with Crippen LogP contribution in [0.25, 0.3) is 6.08 Å². The Morgan fingerprint density at radius 1 is 1.50 bits per heavy atom. The van der Waals surface area contributed by atoms with Crippen LogP contribution in [-0.2, 0) is 4.79 Å². The molecular weight excluding hydrogens is 324 g/mol. The fourth-order valence-corrected chi connectivity index (χ4v) is 2.53. The summed E-state index contributed by atoms with van der Waals surface area (Å²) in [6.07, 6.45) is 4.68. The first-order valence-corrected chi connectivity index (χ1v) is 7.78. The molecule has 0 saturated heterocycles. The Morgan fingerprint density at radius 2 is 2.32 bits per heavy atom. The zero-order valence-electron chi connectivity index (χ0n) is 12.1. The average Bonchev–Trinajstić information content (AvgIpc) is 3.00. The van der Waals surface area contributed by atoms with E-state index in [1.54, 1.807) is 29.8 Å². The summed E-state index contributed by atoms with van der Waals surface area (Å²) >= 11 is 7.53. The van der Waals surface area contributed by atoms with Gasteiger partial charge in [-0.1, -0.05) is 11.6 Å². The predicted molar refractivity (Wildman–Crippen MR) is 89.0 cm³/mol. The molecule has 1 N–H and O–H groups in total. The minimum absolute atomic E-state index is 0.265. The van der Waals surface area contributed by atoms with Crippen molar-refractivity contribution in [2.45, 2.75) is 6.92 Å². The molecule has 2 aromatic rings. The van der Waals surface area contributed by atoms with Gasteiger partial charge in [-0.05, 0) is 30.7 Å². The SMILES string of the molecule is CCOc1c(Cl)cc(C=CC(=O)Nc2nccs2)cc1OC. The molecule has 0 radical (unpaired) electrons. The van der Waals surface area contributed by atoms with Crippen LogP contribution in [0.2, 0.25) is 5.02 Å². The summed E-state index contributed by atoms with van der Waals surface area (Å²) in [6.45, 7) is 2.36. The van der Waals surface area contributed by atoms with E-state index >= 15 is 0 Å². The van der Waals surface area contributed by atoms with E-state index in [1.807, 2.05) is 6.92 Å². The molecule has 116 valence electrons. The summed E-state index contributed by atoms with van der Waals surface area (Å²) in [5, 5.41) is 5.43. The third kappa shape index (κ3) is 4.22. The lowest BCUT2D eigenvalue weighted by atomic mass is 10.2. The standard InChI is InChI=1S/C15H15ClN2O3S/c1-3-21-14-11(16)8-10(9-12(14)20-2)4-5-13(19)18-15-17-6-7-22-15/h4-9H,3H2,1-2H3,(H,17,18,19). The lowest BCUT2D eigenvalue weighted by Crippen LogP contribution is -2.07. The van der Waals surface area contributed by atoms with Crippen molar-refractivity contribution in [2.75, 3.05) is 19.0 Å². The Hall–Kier alpha value is -2.05. The smallest absolute Gasteiger partial charge is 0.250 e. The van der Waals surface area contributed by atoms with Gasteiger partial charge < -0.3 is 9.47 Å². The van der Waals surface area contributed by atoms with Crippen molar-refractivity contribution in [3.8, 4) is 11.5 Å². The van der Waals surface area contributed by atoms with Gasteiger partial charge in [0, 0.05) is 17.7 Å². The van der Waals surface area contributed by atoms with Crippen LogP contribution in [-0.4, -0.2) is 24.6 Å². The highest BCUT2D eigenvalue weighted by molar-refractivity contribution is 7.13. The Labute approximate surface area is 137 Å². The molecule has 0 aliphatic rings. The number of carbonyl (C=O) groups excluding carboxylic acids is 1. The molecular formula is C15H15ClN2O3S. The lowest BCUT2D eigenvalue weighted by Gasteiger charge is -2.11. The van der Waals surface area contributed by atoms with Crippen molar-refractivity contribution in [3.63, 3.8) is 0 Å². The van der Waals surface area contributed by atoms with Crippen molar-refractivity contribution >= 4 is 40.1 Å². The topological polar surface area (TPSA) is 60.5 Å². The predicted octanol–water partition coefficient (Wildman–Crippen LogP) is 3.86. The highest BCUT2D eigenvalue weighted by atomic mass is 35.5. The van der Waals surface area contributed by atoms with Gasteiger partial charge in [-0.3, -0.25) is 10.1 Å². The molecule has 0 aliphatic carbocycles. The van der Waals surface area contributed by atoms with Crippen LogP contribution in [0.4, 0.5) is 5.13 Å². The van der Waals surface area contributed by atoms with Crippen LogP contribution in [0.3, 0.4) is 0 Å². The number of hydrogen-bond donors (Lipinski definition) is 1. The van der Waals surface area contributed by atoms with E-state index < -0.39 is 0 Å². The fourth-order valence-electron chi connectivity index (χ4n) is 1.72. The number of aromatic nitrogens is 1. The van der Waals surface area contributed by atoms with Gasteiger partial charge in [-0.25, -0.2) is 4.98 Å². The van der Waals surface area contributed by atoms with Gasteiger partial charge in [0.05, 0.1) is 18.7 Å². The maximum absolute atomic E-state index is 11.8. The maximum Gasteiger partial charge on any atom is 0.250 e. The number of nitrogens with zero attached hydrogens (tertiary/aromatic N) is 1. The molecule has 1 aromatic carbocycles. The minimum Gasteiger partial charge on any atom is -0.493 e. The number of ether oxygens (including phenoxy) is 2. The zero-order valence-corrected chi connectivity index (χ0v) is 13.7. The largest absolute Gasteiger partial charge is 0.493 e. The van der Waals surface area contributed by atoms with Crippen molar-refractivity contribution in [1.29, 1.82) is 0 Å². The number of carbonyl (C=O) groups is 1. The number of amides is 1. The van der Waals surface area contributed by atoms with E-state index in [0.29, 0.717) is 28.3 Å². The molecule has 22 heavy (non-hydrogen) atoms. The number of rotatable bonds is 6. The highest BCUT2D eigenvalue weighted by Gasteiger charge is 2.10. The zero-order chi connectivity index (χ0) is 15.9. The molecule has 0 atom stereocenters. The Morgan fingerprint density at radius 3 is 2.95 bits per heavy atom. The molecule has 0 aliphatic heterocycles. The Bertz CT molecular complexity index is 672. The summed E-state index contributed by atoms with van der Waals surface area (Å²) < 4.78 is 10.7. The molecule has 0 spiro atoms. The second kappa shape index (κ2) is 7.82. The van der Waals surface area contributed by atoms with Crippen molar-refractivity contribution < 1.29 is 14.3 Å². The van der Waals surface area contributed by atoms with E-state index in [2.05, 4.69) is 10.3 Å². The summed E-state index contributed by atoms with van der Waals surface area (Å²) in [5.74, 6) is 0.754. The Balaban J connectivity index is 2.13. The summed E-state index contributed by atoms with van der Waals surface area (Å²) in [5.41, 5.74) is 0.736. The summed E-state index contributed by atoms with van der Waals surface area (Å²) in [6, 6.07) is 3.46. The second-order valence-corrected chi connectivity index (χ2v) is 5.43. The van der Waals surface area contributed by atoms with Crippen LogP contribution in [0.5, 0.6) is 11.5 Å². The fraction of sp³-hybridized carbons (Fsp3) is 0.200. The van der Waals surface area contributed by atoms with Crippen LogP contribution in [0, 0.1) is 0 Å². The summed E-state index contributed by atoms with van der Waals surface area (Å²) in [7, 11) is 1.54. The number of thiazole rings is 1. The first-order chi connectivity index (χ1) is 10.6. The number of methoxy groups -OCH3 is 1. The van der Waals surface area contributed by atoms with Crippen molar-refractivity contribution in [2.24, 2.45) is 0 Å². The van der Waals surface area contributed by atoms with E-state index in [0.717, 1.165) is 5.56 Å². The molecule has 1 heterocycles. The third-order valence-corrected chi connectivity index (χ3v) is 3.60. The number of benzene rings is 1. The molecule has 5 nitrogen and oxygen atoms in total. The van der Waals surface area contributed by atoms with Gasteiger partial charge in [0.25, 0.3) is 0 Å². The van der Waals surface area contributed by atoms with Gasteiger partial charge >= 0.3 is 0 Å². The lowest BCUT2D eigenvalue weighted by molar-refractivity contribution is -0.111. The van der Waals surface area contributed by atoms with E-state index in [9.17, 15) is 4.79 Å². The molecule has 1 aromatic heterocycles. The van der Waals surface area contributed by atoms with Crippen LogP contribution >= 0.6 is 22.9 Å². The normalized spacial score (nSPS) is 10.7. The molecule has 0 bridgehead atoms. The first-order valence-electron chi connectivity index (χ1n) is 6.53. The summed E-state index contributed by atoms with van der Waals surface area (Å²) in [4.78, 5) is 15.8. The highest BCUT2D eigenvalue weighted by Crippen LogP contribution is 2.36. The maximum atomic E-state index is 11.8. The van der Waals surface area contributed by atoms with Gasteiger partial charge in [-0.2, -0.15) is 0 Å². The Kier molecular flexibility index (Phi) is 5.80. The van der Waals surface area contributed by atoms with Crippen molar-refractivity contribution in [1.82, 2.24) is 4.98 Å². The van der Waals surface area contributed by atoms with Gasteiger partial charge in [0.1, 0.15) is 0 Å². The second-order valence-electron chi connectivity index (χ2n) is 4.13. The van der Waals surface area contributed by atoms with Gasteiger partial charge in [0.15, 0.2) is 16.6 Å². The molecule has 0 saturated carbocycles. The number of hydrogen-bond acceptors (Lipinski definition) is 5. The van der Waals surface area contributed by atoms with Gasteiger partial charge in [0.2, 0.25) is 5.91 Å². The van der Waals surface area contributed by atoms with Crippen LogP contribution in [0.1, 0.15) is 12.5 Å². The molecule has 1 amide bonds. The van der Waals surface area contributed by atoms with Crippen LogP contribution in [0.15, 0.2) is 29.8 Å². The molecule has 0 fully saturated rings. The van der Waals surface area contributed by atoms with Gasteiger partial charge in [-0.15, -0.1) is 11.3 Å². The molecule has 2 rings (SSSR count). The third-order valence-electron chi connectivity index (χ3n) is 2.63. The van der Waals surface area contributed by atoms with Crippen molar-refractivity contribution in [3.05, 3.63) is 40.4 Å². The number of halogens is 1. The number of anilines is 1. The van der Waals surface area contributed by atoms with Crippen LogP contribution < -0.4 is 14.8 Å². The number of nitrogens with one attached hydrogen (secondary N) is 1. The first kappa shape index (κ1) is 16.3. The van der Waals surface area contributed by atoms with E-state index in [4.69, 9.17) is 21.1 Å². The quantitative estimate of drug-likeness (QED) is 0.812. The van der Waals surface area contributed by atoms with E-state index in [1.165, 1.54) is 24.5 Å². The monoisotopic (exact) mass is 338 g/mol. The molecule has 0 unspecified atom stereocenters. The average molecular weight is 339 g/mol. The van der Waals surface area contributed by atoms with E-state index in [-0.39, 0.29) is 5.91 Å².